The number of pyridine rings is 1. The Morgan fingerprint density at radius 2 is 2.31 bits per heavy atom. The van der Waals surface area contributed by atoms with Crippen molar-refractivity contribution in [3.8, 4) is 5.88 Å². The first-order valence-electron chi connectivity index (χ1n) is 9.12. The van der Waals surface area contributed by atoms with Gasteiger partial charge in [-0.25, -0.2) is 4.98 Å². The summed E-state index contributed by atoms with van der Waals surface area (Å²) in [6, 6.07) is 5.63. The molecule has 0 bridgehead atoms. The summed E-state index contributed by atoms with van der Waals surface area (Å²) in [7, 11) is 0. The molecule has 1 atom stereocenters. The Bertz CT molecular complexity index is 755. The van der Waals surface area contributed by atoms with Gasteiger partial charge < -0.3 is 18.9 Å². The second-order valence-electron chi connectivity index (χ2n) is 6.88. The smallest absolute Gasteiger partial charge is 0.259 e. The van der Waals surface area contributed by atoms with Gasteiger partial charge in [0.1, 0.15) is 16.9 Å². The van der Waals surface area contributed by atoms with Gasteiger partial charge in [-0.15, -0.1) is 0 Å². The average molecular weight is 357 g/mol. The first kappa shape index (κ1) is 17.0. The lowest BCUT2D eigenvalue weighted by Gasteiger charge is -2.50. The van der Waals surface area contributed by atoms with Crippen molar-refractivity contribution >= 4 is 5.91 Å². The topological polar surface area (TPSA) is 77.7 Å². The molecule has 2 aliphatic heterocycles. The molecule has 2 aliphatic rings. The highest BCUT2D eigenvalue weighted by atomic mass is 16.5. The quantitative estimate of drug-likeness (QED) is 0.790. The molecule has 2 aromatic heterocycles. The van der Waals surface area contributed by atoms with E-state index in [9.17, 15) is 4.79 Å². The highest BCUT2D eigenvalue weighted by molar-refractivity contribution is 5.95. The number of hydrogen-bond acceptors (Lipinski definition) is 6. The van der Waals surface area contributed by atoms with Gasteiger partial charge in [-0.3, -0.25) is 4.79 Å². The van der Waals surface area contributed by atoms with Crippen LogP contribution in [0.5, 0.6) is 5.88 Å². The summed E-state index contributed by atoms with van der Waals surface area (Å²) in [6.45, 7) is 4.53. The molecule has 4 heterocycles. The lowest BCUT2D eigenvalue weighted by Crippen LogP contribution is -2.66. The molecule has 1 spiro atoms. The molecule has 4 rings (SSSR count). The van der Waals surface area contributed by atoms with Crippen molar-refractivity contribution in [1.29, 1.82) is 0 Å². The van der Waals surface area contributed by atoms with Crippen molar-refractivity contribution in [2.75, 3.05) is 26.3 Å². The fourth-order valence-corrected chi connectivity index (χ4v) is 3.89. The summed E-state index contributed by atoms with van der Waals surface area (Å²) >= 11 is 0. The Morgan fingerprint density at radius 3 is 3.08 bits per heavy atom. The van der Waals surface area contributed by atoms with Gasteiger partial charge in [0.25, 0.3) is 5.91 Å². The number of aromatic nitrogens is 2. The van der Waals surface area contributed by atoms with E-state index in [4.69, 9.17) is 14.0 Å². The molecule has 2 saturated heterocycles. The second-order valence-corrected chi connectivity index (χ2v) is 6.88. The SMILES string of the molecule is CCc1oncc1C(=O)N1CC2(C1)OCC[C@H]2CCOc1ccccn1. The number of ether oxygens (including phenoxy) is 2. The number of aryl methyl sites for hydroxylation is 1. The van der Waals surface area contributed by atoms with Gasteiger partial charge in [0, 0.05) is 25.3 Å². The molecule has 0 aromatic carbocycles. The van der Waals surface area contributed by atoms with Crippen LogP contribution < -0.4 is 4.74 Å². The van der Waals surface area contributed by atoms with Gasteiger partial charge >= 0.3 is 0 Å². The predicted molar refractivity (Wildman–Crippen MR) is 92.9 cm³/mol. The largest absolute Gasteiger partial charge is 0.478 e. The minimum Gasteiger partial charge on any atom is -0.478 e. The average Bonchev–Trinajstić information content (AvgIpc) is 3.27. The molecule has 0 radical (unpaired) electrons. The van der Waals surface area contributed by atoms with Crippen LogP contribution >= 0.6 is 0 Å². The molecule has 2 fully saturated rings. The summed E-state index contributed by atoms with van der Waals surface area (Å²) in [5, 5.41) is 3.75. The molecular formula is C19H23N3O4. The zero-order valence-electron chi connectivity index (χ0n) is 14.9. The Labute approximate surface area is 152 Å². The fourth-order valence-electron chi connectivity index (χ4n) is 3.89. The maximum atomic E-state index is 12.7. The van der Waals surface area contributed by atoms with Crippen molar-refractivity contribution in [3.63, 3.8) is 0 Å². The van der Waals surface area contributed by atoms with Crippen LogP contribution in [0.25, 0.3) is 0 Å². The van der Waals surface area contributed by atoms with Crippen LogP contribution in [-0.2, 0) is 11.2 Å². The summed E-state index contributed by atoms with van der Waals surface area (Å²) in [4.78, 5) is 18.6. The number of carbonyl (C=O) groups is 1. The molecule has 0 unspecified atom stereocenters. The van der Waals surface area contributed by atoms with Crippen LogP contribution in [0, 0.1) is 5.92 Å². The zero-order valence-corrected chi connectivity index (χ0v) is 14.9. The minimum atomic E-state index is -0.229. The van der Waals surface area contributed by atoms with Crippen molar-refractivity contribution in [1.82, 2.24) is 15.0 Å². The maximum Gasteiger partial charge on any atom is 0.259 e. The highest BCUT2D eigenvalue weighted by Crippen LogP contribution is 2.42. The Morgan fingerprint density at radius 1 is 1.42 bits per heavy atom. The van der Waals surface area contributed by atoms with E-state index in [1.54, 1.807) is 6.20 Å². The number of carbonyl (C=O) groups excluding carboxylic acids is 1. The Balaban J connectivity index is 1.32. The zero-order chi connectivity index (χ0) is 18.0. The first-order chi connectivity index (χ1) is 12.7. The molecule has 7 heteroatoms. The molecule has 26 heavy (non-hydrogen) atoms. The third-order valence-corrected chi connectivity index (χ3v) is 5.35. The molecule has 0 aliphatic carbocycles. The van der Waals surface area contributed by atoms with Crippen LogP contribution in [0.2, 0.25) is 0 Å². The Kier molecular flexibility index (Phi) is 4.63. The number of amides is 1. The highest BCUT2D eigenvalue weighted by Gasteiger charge is 2.54. The van der Waals surface area contributed by atoms with Gasteiger partial charge in [-0.1, -0.05) is 18.1 Å². The van der Waals surface area contributed by atoms with Gasteiger partial charge in [0.05, 0.1) is 25.9 Å². The minimum absolute atomic E-state index is 0.0206. The summed E-state index contributed by atoms with van der Waals surface area (Å²) < 4.78 is 16.9. The molecule has 2 aromatic rings. The third kappa shape index (κ3) is 3.07. The van der Waals surface area contributed by atoms with Crippen LogP contribution in [0.1, 0.15) is 35.9 Å². The van der Waals surface area contributed by atoms with Gasteiger partial charge in [0.15, 0.2) is 0 Å². The van der Waals surface area contributed by atoms with E-state index < -0.39 is 0 Å². The number of likely N-dealkylation sites (tertiary alicyclic amines) is 1. The normalized spacial score (nSPS) is 21.0. The third-order valence-electron chi connectivity index (χ3n) is 5.35. The fraction of sp³-hybridized carbons (Fsp3) is 0.526. The molecule has 1 amide bonds. The van der Waals surface area contributed by atoms with Crippen molar-refractivity contribution < 1.29 is 18.8 Å². The van der Waals surface area contributed by atoms with Crippen LogP contribution in [0.15, 0.2) is 35.1 Å². The predicted octanol–water partition coefficient (Wildman–Crippen LogP) is 2.33. The molecular weight excluding hydrogens is 334 g/mol. The first-order valence-corrected chi connectivity index (χ1v) is 9.12. The number of nitrogens with zero attached hydrogens (tertiary/aromatic N) is 3. The van der Waals surface area contributed by atoms with Crippen molar-refractivity contribution in [2.45, 2.75) is 31.8 Å². The van der Waals surface area contributed by atoms with Gasteiger partial charge in [0.2, 0.25) is 5.88 Å². The van der Waals surface area contributed by atoms with Gasteiger partial charge in [-0.05, 0) is 24.8 Å². The molecule has 0 saturated carbocycles. The van der Waals surface area contributed by atoms with Gasteiger partial charge in [-0.2, -0.15) is 0 Å². The standard InChI is InChI=1S/C19H23N3O4/c1-2-16-15(11-21-26-16)18(23)22-12-19(13-22)14(7-10-25-19)6-9-24-17-5-3-4-8-20-17/h3-5,8,11,14H,2,6-7,9-10,12-13H2,1H3/t14-/m1/s1. The molecule has 138 valence electrons. The monoisotopic (exact) mass is 357 g/mol. The summed E-state index contributed by atoms with van der Waals surface area (Å²) in [6.07, 6.45) is 5.79. The van der Waals surface area contributed by atoms with E-state index in [1.165, 1.54) is 6.20 Å². The van der Waals surface area contributed by atoms with Crippen molar-refractivity contribution in [3.05, 3.63) is 41.9 Å². The van der Waals surface area contributed by atoms with E-state index in [-0.39, 0.29) is 11.5 Å². The molecule has 7 nitrogen and oxygen atoms in total. The Hall–Kier alpha value is -2.41. The number of hydrogen-bond donors (Lipinski definition) is 0. The van der Waals surface area contributed by atoms with Crippen molar-refractivity contribution in [2.24, 2.45) is 5.92 Å². The van der Waals surface area contributed by atoms with Crippen LogP contribution in [0.3, 0.4) is 0 Å². The second kappa shape index (κ2) is 7.07. The number of rotatable bonds is 6. The van der Waals surface area contributed by atoms with E-state index in [1.807, 2.05) is 30.0 Å². The molecule has 0 N–H and O–H groups in total. The van der Waals surface area contributed by atoms with Crippen LogP contribution in [0.4, 0.5) is 0 Å². The lowest BCUT2D eigenvalue weighted by atomic mass is 9.79. The van der Waals surface area contributed by atoms with E-state index in [0.717, 1.165) is 19.4 Å². The van der Waals surface area contributed by atoms with Crippen LogP contribution in [-0.4, -0.2) is 52.9 Å². The van der Waals surface area contributed by atoms with E-state index in [0.29, 0.717) is 49.2 Å². The van der Waals surface area contributed by atoms with E-state index in [2.05, 4.69) is 10.1 Å². The lowest BCUT2D eigenvalue weighted by molar-refractivity contribution is -0.119. The summed E-state index contributed by atoms with van der Waals surface area (Å²) in [5.41, 5.74) is 0.336. The van der Waals surface area contributed by atoms with E-state index >= 15 is 0 Å². The maximum absolute atomic E-state index is 12.7. The summed E-state index contributed by atoms with van der Waals surface area (Å²) in [5.74, 6) is 1.66.